The van der Waals surface area contributed by atoms with Crippen LogP contribution >= 0.6 is 0 Å². The molecule has 2 aliphatic rings. The van der Waals surface area contributed by atoms with E-state index in [-0.39, 0.29) is 24.9 Å². The second-order valence-electron chi connectivity index (χ2n) is 11.5. The molecule has 1 saturated heterocycles. The SMILES string of the molecule is COc1ccc2cc1OCCCN(C(=O)C1CCOCC1)CC(=O)N[C@@H]([C@@H](C)O)C(=O)NCCc1c([nH]c3ccccc13)C2. The van der Waals surface area contributed by atoms with Crippen LogP contribution in [0.5, 0.6) is 11.5 Å². The molecular formula is C33H42N4O7. The zero-order valence-electron chi connectivity index (χ0n) is 25.4. The molecule has 5 rings (SSSR count). The smallest absolute Gasteiger partial charge is 0.245 e. The second kappa shape index (κ2) is 14.6. The molecule has 2 aliphatic heterocycles. The molecule has 2 atom stereocenters. The molecule has 2 bridgehead atoms. The first-order valence-corrected chi connectivity index (χ1v) is 15.3. The van der Waals surface area contributed by atoms with Gasteiger partial charge in [-0.15, -0.1) is 0 Å². The number of para-hydroxylation sites is 1. The zero-order chi connectivity index (χ0) is 31.1. The summed E-state index contributed by atoms with van der Waals surface area (Å²) >= 11 is 0. The van der Waals surface area contributed by atoms with E-state index >= 15 is 0 Å². The first-order valence-electron chi connectivity index (χ1n) is 15.3. The van der Waals surface area contributed by atoms with Crippen molar-refractivity contribution in [3.8, 4) is 11.5 Å². The average molecular weight is 607 g/mol. The van der Waals surface area contributed by atoms with Gasteiger partial charge >= 0.3 is 0 Å². The highest BCUT2D eigenvalue weighted by atomic mass is 16.5. The third-order valence-electron chi connectivity index (χ3n) is 8.31. The number of hydrogen-bond donors (Lipinski definition) is 4. The Kier molecular flexibility index (Phi) is 10.4. The van der Waals surface area contributed by atoms with Gasteiger partial charge in [-0.25, -0.2) is 0 Å². The van der Waals surface area contributed by atoms with Gasteiger partial charge in [-0.3, -0.25) is 14.4 Å². The minimum absolute atomic E-state index is 0.125. The molecule has 2 aromatic carbocycles. The van der Waals surface area contributed by atoms with Gasteiger partial charge in [-0.2, -0.15) is 0 Å². The van der Waals surface area contributed by atoms with E-state index in [1.54, 1.807) is 7.11 Å². The lowest BCUT2D eigenvalue weighted by Gasteiger charge is -2.30. The Hall–Kier alpha value is -4.09. The monoisotopic (exact) mass is 606 g/mol. The molecule has 0 aliphatic carbocycles. The van der Waals surface area contributed by atoms with Gasteiger partial charge in [0.25, 0.3) is 0 Å². The van der Waals surface area contributed by atoms with E-state index in [9.17, 15) is 19.5 Å². The number of aliphatic hydroxyl groups is 1. The Morgan fingerprint density at radius 2 is 1.91 bits per heavy atom. The van der Waals surface area contributed by atoms with Crippen LogP contribution in [0, 0.1) is 5.92 Å². The molecule has 44 heavy (non-hydrogen) atoms. The van der Waals surface area contributed by atoms with Crippen LogP contribution in [0.25, 0.3) is 10.9 Å². The van der Waals surface area contributed by atoms with Crippen molar-refractivity contribution in [2.24, 2.45) is 5.92 Å². The summed E-state index contributed by atoms with van der Waals surface area (Å²) in [6.45, 7) is 3.12. The normalized spacial score (nSPS) is 20.2. The van der Waals surface area contributed by atoms with Crippen LogP contribution in [0.1, 0.15) is 43.0 Å². The lowest BCUT2D eigenvalue weighted by Crippen LogP contribution is -2.55. The average Bonchev–Trinajstić information content (AvgIpc) is 3.37. The van der Waals surface area contributed by atoms with E-state index in [4.69, 9.17) is 14.2 Å². The van der Waals surface area contributed by atoms with Gasteiger partial charge in [0.2, 0.25) is 17.7 Å². The summed E-state index contributed by atoms with van der Waals surface area (Å²) in [7, 11) is 1.60. The number of nitrogens with one attached hydrogen (secondary N) is 3. The van der Waals surface area contributed by atoms with Gasteiger partial charge < -0.3 is 39.8 Å². The summed E-state index contributed by atoms with van der Waals surface area (Å²) in [6, 6.07) is 12.7. The summed E-state index contributed by atoms with van der Waals surface area (Å²) in [5.41, 5.74) is 4.13. The van der Waals surface area contributed by atoms with Crippen LogP contribution in [0.4, 0.5) is 0 Å². The minimum atomic E-state index is -1.16. The van der Waals surface area contributed by atoms with Crippen molar-refractivity contribution in [2.45, 2.75) is 51.2 Å². The Morgan fingerprint density at radius 3 is 2.68 bits per heavy atom. The van der Waals surface area contributed by atoms with E-state index in [1.807, 2.05) is 36.4 Å². The molecule has 0 saturated carbocycles. The predicted octanol–water partition coefficient (Wildman–Crippen LogP) is 2.33. The molecule has 0 unspecified atom stereocenters. The maximum atomic E-state index is 13.5. The molecule has 11 nitrogen and oxygen atoms in total. The van der Waals surface area contributed by atoms with E-state index < -0.39 is 24.0 Å². The highest BCUT2D eigenvalue weighted by Gasteiger charge is 2.30. The number of aliphatic hydroxyl groups excluding tert-OH is 1. The number of carbonyl (C=O) groups is 3. The number of benzene rings is 2. The highest BCUT2D eigenvalue weighted by Crippen LogP contribution is 2.31. The molecule has 3 amide bonds. The summed E-state index contributed by atoms with van der Waals surface area (Å²) in [6.07, 6.45) is 1.67. The number of nitrogens with zero attached hydrogens (tertiary/aromatic N) is 1. The Balaban J connectivity index is 1.43. The molecule has 3 heterocycles. The van der Waals surface area contributed by atoms with Crippen LogP contribution in [0.3, 0.4) is 0 Å². The topological polar surface area (TPSA) is 142 Å². The molecule has 1 fully saturated rings. The van der Waals surface area contributed by atoms with E-state index in [0.29, 0.717) is 70.0 Å². The van der Waals surface area contributed by atoms with Gasteiger partial charge in [0.1, 0.15) is 6.04 Å². The van der Waals surface area contributed by atoms with Gasteiger partial charge in [-0.05, 0) is 61.9 Å². The van der Waals surface area contributed by atoms with E-state index in [2.05, 4.69) is 21.7 Å². The molecule has 11 heteroatoms. The quantitative estimate of drug-likeness (QED) is 0.359. The van der Waals surface area contributed by atoms with Crippen molar-refractivity contribution in [1.29, 1.82) is 0 Å². The van der Waals surface area contributed by atoms with Crippen molar-refractivity contribution in [3.05, 3.63) is 59.3 Å². The maximum Gasteiger partial charge on any atom is 0.245 e. The first kappa shape index (κ1) is 31.3. The number of rotatable bonds is 3. The lowest BCUT2D eigenvalue weighted by molar-refractivity contribution is -0.142. The highest BCUT2D eigenvalue weighted by molar-refractivity contribution is 5.91. The van der Waals surface area contributed by atoms with Gasteiger partial charge in [0.05, 0.1) is 26.4 Å². The summed E-state index contributed by atoms with van der Waals surface area (Å²) in [4.78, 5) is 44.9. The number of aromatic amines is 1. The number of H-pyrrole nitrogens is 1. The molecule has 0 spiro atoms. The fourth-order valence-corrected chi connectivity index (χ4v) is 5.97. The Morgan fingerprint density at radius 1 is 1.11 bits per heavy atom. The summed E-state index contributed by atoms with van der Waals surface area (Å²) in [5, 5.41) is 17.0. The van der Waals surface area contributed by atoms with Gasteiger partial charge in [0, 0.05) is 55.2 Å². The van der Waals surface area contributed by atoms with Crippen LogP contribution in [0.15, 0.2) is 42.5 Å². The summed E-state index contributed by atoms with van der Waals surface area (Å²) < 4.78 is 17.1. The molecule has 236 valence electrons. The van der Waals surface area contributed by atoms with Crippen LogP contribution in [0.2, 0.25) is 0 Å². The van der Waals surface area contributed by atoms with Crippen LogP contribution < -0.4 is 20.1 Å². The van der Waals surface area contributed by atoms with E-state index in [1.165, 1.54) is 11.8 Å². The fourth-order valence-electron chi connectivity index (χ4n) is 5.97. The lowest BCUT2D eigenvalue weighted by atomic mass is 9.98. The number of methoxy groups -OCH3 is 1. The molecule has 0 radical (unpaired) electrons. The third-order valence-corrected chi connectivity index (χ3v) is 8.31. The van der Waals surface area contributed by atoms with Crippen molar-refractivity contribution >= 4 is 28.6 Å². The third kappa shape index (κ3) is 7.51. The van der Waals surface area contributed by atoms with Crippen LogP contribution in [-0.2, 0) is 32.0 Å². The van der Waals surface area contributed by atoms with Crippen molar-refractivity contribution < 1.29 is 33.7 Å². The molecular weight excluding hydrogens is 564 g/mol. The fraction of sp³-hybridized carbons (Fsp3) is 0.485. The predicted molar refractivity (Wildman–Crippen MR) is 165 cm³/mol. The van der Waals surface area contributed by atoms with Crippen molar-refractivity contribution in [2.75, 3.05) is 46.6 Å². The van der Waals surface area contributed by atoms with Gasteiger partial charge in [-0.1, -0.05) is 24.3 Å². The largest absolute Gasteiger partial charge is 0.493 e. The number of ether oxygens (including phenoxy) is 3. The summed E-state index contributed by atoms with van der Waals surface area (Å²) in [5.74, 6) is -0.146. The second-order valence-corrected chi connectivity index (χ2v) is 11.5. The Labute approximate surface area is 257 Å². The molecule has 3 aromatic rings. The number of fused-ring (bicyclic) bond motifs is 5. The standard InChI is InChI=1S/C33H42N4O7/c1-21(38)31-32(40)34-13-10-25-24-6-3-4-7-26(24)35-27(25)18-22-8-9-28(42-2)29(19-22)44-15-5-14-37(20-30(39)36-31)33(41)23-11-16-43-17-12-23/h3-4,6-9,19,21,23,31,35,38H,5,10-18,20H2,1-2H3,(H,34,40)(H,36,39)/t21-,31+/m1/s1. The first-order chi connectivity index (χ1) is 21.3. The van der Waals surface area contributed by atoms with Gasteiger partial charge in [0.15, 0.2) is 11.5 Å². The molecule has 4 N–H and O–H groups in total. The minimum Gasteiger partial charge on any atom is -0.493 e. The number of amides is 3. The number of carbonyl (C=O) groups excluding carboxylic acids is 3. The molecule has 1 aromatic heterocycles. The maximum absolute atomic E-state index is 13.5. The number of aromatic nitrogens is 1. The number of hydrogen-bond acceptors (Lipinski definition) is 7. The zero-order valence-corrected chi connectivity index (χ0v) is 25.4. The van der Waals surface area contributed by atoms with Crippen molar-refractivity contribution in [3.63, 3.8) is 0 Å². The van der Waals surface area contributed by atoms with Crippen LogP contribution in [-0.4, -0.2) is 91.4 Å². The van der Waals surface area contributed by atoms with Crippen molar-refractivity contribution in [1.82, 2.24) is 20.5 Å². The Bertz CT molecular complexity index is 1460. The van der Waals surface area contributed by atoms with E-state index in [0.717, 1.165) is 27.7 Å².